The average Bonchev–Trinajstić information content (AvgIpc) is 3.43. The van der Waals surface area contributed by atoms with Gasteiger partial charge in [-0.05, 0) is 74.3 Å². The minimum absolute atomic E-state index is 0.00968. The normalized spacial score (nSPS) is 23.1. The van der Waals surface area contributed by atoms with Gasteiger partial charge in [-0.15, -0.1) is 0 Å². The summed E-state index contributed by atoms with van der Waals surface area (Å²) in [5.41, 5.74) is 1.44. The monoisotopic (exact) mass is 470 g/mol. The van der Waals surface area contributed by atoms with Crippen LogP contribution in [0.15, 0.2) is 36.4 Å². The number of hydrogen-bond donors (Lipinski definition) is 1. The van der Waals surface area contributed by atoms with Crippen LogP contribution in [-0.2, 0) is 9.53 Å². The van der Waals surface area contributed by atoms with E-state index < -0.39 is 11.9 Å². The predicted molar refractivity (Wildman–Crippen MR) is 122 cm³/mol. The number of esters is 1. The first-order valence-corrected chi connectivity index (χ1v) is 12.0. The van der Waals surface area contributed by atoms with Gasteiger partial charge in [-0.1, -0.05) is 24.4 Å². The van der Waals surface area contributed by atoms with E-state index in [1.54, 1.807) is 36.4 Å². The molecule has 2 unspecified atom stereocenters. The van der Waals surface area contributed by atoms with Gasteiger partial charge in [-0.2, -0.15) is 0 Å². The second-order valence-corrected chi connectivity index (χ2v) is 9.86. The molecule has 2 aromatic carbocycles. The summed E-state index contributed by atoms with van der Waals surface area (Å²) in [5.74, 6) is -0.516. The lowest BCUT2D eigenvalue weighted by Gasteiger charge is -2.24. The Hall–Kier alpha value is -2.73. The van der Waals surface area contributed by atoms with E-state index in [-0.39, 0.29) is 12.1 Å². The highest BCUT2D eigenvalue weighted by Crippen LogP contribution is 2.51. The number of carbonyl (C=O) groups is 2. The zero-order chi connectivity index (χ0) is 23.0. The predicted octanol–water partition coefficient (Wildman–Crippen LogP) is 6.35. The number of hydrogen-bond acceptors (Lipinski definition) is 5. The van der Waals surface area contributed by atoms with Gasteiger partial charge in [-0.3, -0.25) is 4.79 Å². The van der Waals surface area contributed by atoms with Crippen molar-refractivity contribution in [1.82, 2.24) is 0 Å². The molecule has 2 atom stereocenters. The van der Waals surface area contributed by atoms with E-state index in [0.717, 1.165) is 19.3 Å². The number of fused-ring (bicyclic) bond motifs is 1. The molecule has 0 aromatic heterocycles. The Labute approximate surface area is 197 Å². The van der Waals surface area contributed by atoms with Crippen LogP contribution in [0.3, 0.4) is 0 Å². The van der Waals surface area contributed by atoms with E-state index in [4.69, 9.17) is 25.8 Å². The number of ether oxygens (including phenoxy) is 3. The molecule has 2 saturated carbocycles. The number of carboxylic acid groups (broad SMARTS) is 1. The Balaban J connectivity index is 1.24. The van der Waals surface area contributed by atoms with E-state index in [1.165, 1.54) is 25.7 Å². The van der Waals surface area contributed by atoms with Gasteiger partial charge in [-0.25, -0.2) is 4.79 Å². The molecular weight excluding hydrogens is 444 g/mol. The molecule has 2 aromatic rings. The van der Waals surface area contributed by atoms with Crippen LogP contribution < -0.4 is 9.47 Å². The van der Waals surface area contributed by atoms with E-state index in [2.05, 4.69) is 0 Å². The zero-order valence-corrected chi connectivity index (χ0v) is 19.1. The zero-order valence-electron chi connectivity index (χ0n) is 18.3. The molecule has 2 aliphatic carbocycles. The quantitative estimate of drug-likeness (QED) is 0.512. The Bertz CT molecular complexity index is 1060. The van der Waals surface area contributed by atoms with Gasteiger partial charge in [0.15, 0.2) is 0 Å². The van der Waals surface area contributed by atoms with Crippen molar-refractivity contribution in [3.05, 3.63) is 52.5 Å². The Kier molecular flexibility index (Phi) is 5.95. The van der Waals surface area contributed by atoms with Crippen LogP contribution in [0.5, 0.6) is 17.2 Å². The highest BCUT2D eigenvalue weighted by Gasteiger charge is 2.42. The highest BCUT2D eigenvalue weighted by molar-refractivity contribution is 6.32. The SMILES string of the molecule is O=C(OC1CCC2(CCCC2)C1)c1ccc(Oc2cc3c(cc2Cl)C(C(=O)O)CCO3)cc1. The topological polar surface area (TPSA) is 82.1 Å². The maximum atomic E-state index is 12.6. The summed E-state index contributed by atoms with van der Waals surface area (Å²) in [5, 5.41) is 9.73. The van der Waals surface area contributed by atoms with Crippen molar-refractivity contribution < 1.29 is 28.9 Å². The number of halogens is 1. The molecule has 33 heavy (non-hydrogen) atoms. The number of carbonyl (C=O) groups excluding carboxylic acids is 1. The molecule has 0 amide bonds. The standard InChI is InChI=1S/C26H27ClO6/c27-21-13-20-19(24(28)29)8-12-31-22(20)14-23(21)32-17-5-3-16(4-6-17)25(30)33-18-7-11-26(15-18)9-1-2-10-26/h3-6,13-14,18-19H,1-2,7-12,15H2,(H,28,29). The van der Waals surface area contributed by atoms with Crippen molar-refractivity contribution in [2.24, 2.45) is 5.41 Å². The maximum Gasteiger partial charge on any atom is 0.338 e. The van der Waals surface area contributed by atoms with Gasteiger partial charge in [0, 0.05) is 11.6 Å². The lowest BCUT2D eigenvalue weighted by atomic mass is 9.85. The highest BCUT2D eigenvalue weighted by atomic mass is 35.5. The average molecular weight is 471 g/mol. The van der Waals surface area contributed by atoms with Crippen LogP contribution in [0.25, 0.3) is 0 Å². The van der Waals surface area contributed by atoms with E-state index >= 15 is 0 Å². The second kappa shape index (κ2) is 8.90. The first-order chi connectivity index (χ1) is 15.9. The minimum atomic E-state index is -0.900. The van der Waals surface area contributed by atoms with Crippen LogP contribution >= 0.6 is 11.6 Å². The molecule has 1 spiro atoms. The van der Waals surface area contributed by atoms with Crippen molar-refractivity contribution in [2.45, 2.75) is 63.4 Å². The van der Waals surface area contributed by atoms with Crippen molar-refractivity contribution in [3.8, 4) is 17.2 Å². The summed E-state index contributed by atoms with van der Waals surface area (Å²) in [6, 6.07) is 9.96. The summed E-state index contributed by atoms with van der Waals surface area (Å²) in [6.07, 6.45) is 8.63. The first kappa shape index (κ1) is 22.1. The molecule has 3 aliphatic rings. The molecule has 0 saturated heterocycles. The van der Waals surface area contributed by atoms with Crippen LogP contribution in [0.4, 0.5) is 0 Å². The second-order valence-electron chi connectivity index (χ2n) is 9.45. The summed E-state index contributed by atoms with van der Waals surface area (Å²) >= 11 is 6.36. The van der Waals surface area contributed by atoms with Gasteiger partial charge in [0.05, 0.1) is 23.1 Å². The van der Waals surface area contributed by atoms with Crippen molar-refractivity contribution >= 4 is 23.5 Å². The smallest absolute Gasteiger partial charge is 0.338 e. The molecule has 1 aliphatic heterocycles. The fourth-order valence-electron chi connectivity index (χ4n) is 5.56. The van der Waals surface area contributed by atoms with Crippen molar-refractivity contribution in [3.63, 3.8) is 0 Å². The number of rotatable bonds is 5. The minimum Gasteiger partial charge on any atom is -0.493 e. The maximum absolute atomic E-state index is 12.6. The van der Waals surface area contributed by atoms with Crippen molar-refractivity contribution in [2.75, 3.05) is 6.61 Å². The molecule has 0 bridgehead atoms. The van der Waals surface area contributed by atoms with E-state index in [1.807, 2.05) is 0 Å². The molecule has 1 heterocycles. The number of benzene rings is 2. The van der Waals surface area contributed by atoms with Gasteiger partial charge in [0.25, 0.3) is 0 Å². The molecule has 5 rings (SSSR count). The molecule has 7 heteroatoms. The molecular formula is C26H27ClO6. The largest absolute Gasteiger partial charge is 0.493 e. The summed E-state index contributed by atoms with van der Waals surface area (Å²) in [4.78, 5) is 24.1. The first-order valence-electron chi connectivity index (χ1n) is 11.6. The van der Waals surface area contributed by atoms with E-state index in [9.17, 15) is 14.7 Å². The van der Waals surface area contributed by atoms with Gasteiger partial charge >= 0.3 is 11.9 Å². The van der Waals surface area contributed by atoms with Crippen LogP contribution in [0, 0.1) is 5.41 Å². The molecule has 174 valence electrons. The Morgan fingerprint density at radius 2 is 1.82 bits per heavy atom. The lowest BCUT2D eigenvalue weighted by Crippen LogP contribution is -2.20. The van der Waals surface area contributed by atoms with Crippen LogP contribution in [0.2, 0.25) is 5.02 Å². The van der Waals surface area contributed by atoms with Gasteiger partial charge < -0.3 is 19.3 Å². The van der Waals surface area contributed by atoms with E-state index in [0.29, 0.717) is 51.8 Å². The third kappa shape index (κ3) is 4.54. The van der Waals surface area contributed by atoms with Crippen LogP contribution in [-0.4, -0.2) is 29.8 Å². The molecule has 6 nitrogen and oxygen atoms in total. The summed E-state index contributed by atoms with van der Waals surface area (Å²) in [7, 11) is 0. The van der Waals surface area contributed by atoms with Gasteiger partial charge in [0.2, 0.25) is 0 Å². The third-order valence-electron chi connectivity index (χ3n) is 7.31. The Morgan fingerprint density at radius 1 is 1.06 bits per heavy atom. The molecule has 2 fully saturated rings. The summed E-state index contributed by atoms with van der Waals surface area (Å²) < 4.78 is 17.3. The lowest BCUT2D eigenvalue weighted by molar-refractivity contribution is -0.139. The fraction of sp³-hybridized carbons (Fsp3) is 0.462. The number of carboxylic acids is 1. The summed E-state index contributed by atoms with van der Waals surface area (Å²) in [6.45, 7) is 0.323. The molecule has 0 radical (unpaired) electrons. The van der Waals surface area contributed by atoms with Gasteiger partial charge in [0.1, 0.15) is 23.4 Å². The Morgan fingerprint density at radius 3 is 2.55 bits per heavy atom. The third-order valence-corrected chi connectivity index (χ3v) is 7.61. The van der Waals surface area contributed by atoms with Crippen molar-refractivity contribution in [1.29, 1.82) is 0 Å². The molecule has 1 N–H and O–H groups in total. The van der Waals surface area contributed by atoms with Crippen LogP contribution in [0.1, 0.15) is 73.2 Å². The fourth-order valence-corrected chi connectivity index (χ4v) is 5.77. The number of aliphatic carboxylic acids is 1.